The number of nitrogens with zero attached hydrogens (tertiary/aromatic N) is 3. The molecule has 0 bridgehead atoms. The molecule has 138 valence electrons. The highest BCUT2D eigenvalue weighted by atomic mass is 16.5. The molecule has 1 aliphatic heterocycles. The average molecular weight is 348 g/mol. The van der Waals surface area contributed by atoms with Gasteiger partial charge in [0.25, 0.3) is 0 Å². The third-order valence-corrected chi connectivity index (χ3v) is 3.64. The molecule has 1 amide bonds. The Labute approximate surface area is 149 Å². The van der Waals surface area contributed by atoms with E-state index >= 15 is 0 Å². The predicted octanol–water partition coefficient (Wildman–Crippen LogP) is 3.85. The van der Waals surface area contributed by atoms with Crippen molar-refractivity contribution < 1.29 is 14.1 Å². The lowest BCUT2D eigenvalue weighted by Gasteiger charge is -2.35. The third kappa shape index (κ3) is 4.71. The van der Waals surface area contributed by atoms with Gasteiger partial charge in [-0.1, -0.05) is 45.0 Å². The Kier molecular flexibility index (Phi) is 7.91. The van der Waals surface area contributed by atoms with Gasteiger partial charge in [-0.15, -0.1) is 0 Å². The molecule has 3 rings (SSSR count). The van der Waals surface area contributed by atoms with Crippen LogP contribution in [-0.2, 0) is 4.74 Å². The molecule has 0 spiro atoms. The average Bonchev–Trinajstić information content (AvgIpc) is 3.09. The summed E-state index contributed by atoms with van der Waals surface area (Å²) in [5.74, 6) is 1.10. The maximum absolute atomic E-state index is 11.3. The molecule has 0 aliphatic carbocycles. The molecule has 7 nitrogen and oxygen atoms in total. The fraction of sp³-hybridized carbons (Fsp3) is 0.500. The maximum atomic E-state index is 11.3. The number of hydrogen-bond donors (Lipinski definition) is 1. The van der Waals surface area contributed by atoms with E-state index in [0.29, 0.717) is 30.5 Å². The van der Waals surface area contributed by atoms with Gasteiger partial charge in [-0.25, -0.2) is 4.79 Å². The van der Waals surface area contributed by atoms with Crippen molar-refractivity contribution in [3.8, 4) is 11.4 Å². The zero-order valence-corrected chi connectivity index (χ0v) is 15.9. The van der Waals surface area contributed by atoms with E-state index in [4.69, 9.17) is 10.3 Å². The number of anilines is 1. The van der Waals surface area contributed by atoms with Gasteiger partial charge in [-0.05, 0) is 18.6 Å². The van der Waals surface area contributed by atoms with E-state index in [-0.39, 0.29) is 12.0 Å². The molecule has 0 unspecified atom stereocenters. The van der Waals surface area contributed by atoms with Gasteiger partial charge in [0.15, 0.2) is 0 Å². The number of aryl methyl sites for hydroxylation is 1. The number of amides is 1. The number of nitrogens with two attached hydrogens (primary N) is 1. The molecular formula is C18H28N4O3. The highest BCUT2D eigenvalue weighted by molar-refractivity contribution is 5.68. The highest BCUT2D eigenvalue weighted by Gasteiger charge is 2.36. The van der Waals surface area contributed by atoms with Gasteiger partial charge in [-0.2, -0.15) is 4.98 Å². The summed E-state index contributed by atoms with van der Waals surface area (Å²) in [6, 6.07) is 5.65. The normalized spacial score (nSPS) is 13.0. The van der Waals surface area contributed by atoms with Crippen LogP contribution < -0.4 is 5.73 Å². The largest absolute Gasteiger partial charge is 0.453 e. The van der Waals surface area contributed by atoms with Crippen LogP contribution in [0.2, 0.25) is 0 Å². The molecule has 0 saturated carbocycles. The zero-order chi connectivity index (χ0) is 19.0. The Morgan fingerprint density at radius 1 is 1.28 bits per heavy atom. The molecule has 7 heteroatoms. The minimum atomic E-state index is -0.336. The summed E-state index contributed by atoms with van der Waals surface area (Å²) in [7, 11) is 1.36. The summed E-state index contributed by atoms with van der Waals surface area (Å²) in [5.41, 5.74) is 8.40. The highest BCUT2D eigenvalue weighted by Crippen LogP contribution is 2.28. The number of ether oxygens (including phenoxy) is 1. The van der Waals surface area contributed by atoms with Crippen molar-refractivity contribution in [3.63, 3.8) is 0 Å². The lowest BCUT2D eigenvalue weighted by Crippen LogP contribution is -2.48. The molecule has 25 heavy (non-hydrogen) atoms. The third-order valence-electron chi connectivity index (χ3n) is 3.64. The Hall–Kier alpha value is -2.57. The molecule has 0 atom stereocenters. The van der Waals surface area contributed by atoms with Crippen LogP contribution in [0.1, 0.15) is 45.1 Å². The quantitative estimate of drug-likeness (QED) is 0.829. The molecule has 1 aromatic heterocycles. The number of nitrogen functional groups attached to an aromatic ring is 1. The first-order chi connectivity index (χ1) is 12.1. The summed E-state index contributed by atoms with van der Waals surface area (Å²) in [5, 5.41) is 3.97. The first-order valence-corrected chi connectivity index (χ1v) is 8.61. The Bertz CT molecular complexity index is 679. The summed E-state index contributed by atoms with van der Waals surface area (Å²) in [6.45, 7) is 11.0. The Balaban J connectivity index is 0.000000730. The summed E-state index contributed by atoms with van der Waals surface area (Å²) < 4.78 is 9.92. The van der Waals surface area contributed by atoms with Crippen LogP contribution in [0.3, 0.4) is 0 Å². The molecule has 2 N–H and O–H groups in total. The van der Waals surface area contributed by atoms with Crippen molar-refractivity contribution in [2.45, 2.75) is 40.5 Å². The van der Waals surface area contributed by atoms with E-state index in [9.17, 15) is 4.79 Å². The topological polar surface area (TPSA) is 94.5 Å². The first-order valence-electron chi connectivity index (χ1n) is 8.61. The van der Waals surface area contributed by atoms with Gasteiger partial charge < -0.3 is 19.9 Å². The minimum absolute atomic E-state index is 0.0631. The number of hydrogen-bond acceptors (Lipinski definition) is 6. The summed E-state index contributed by atoms with van der Waals surface area (Å²) >= 11 is 0. The second-order valence-electron chi connectivity index (χ2n) is 5.10. The molecule has 2 aromatic rings. The van der Waals surface area contributed by atoms with Crippen molar-refractivity contribution in [1.29, 1.82) is 0 Å². The standard InChI is InChI=1S/C14H16N4O3.2C2H6/c1-8-3-4-9(5-11(8)15)12-16-13(21-17-12)10-6-18(7-10)14(19)20-2;2*1-2/h3-5,10H,6-7,15H2,1-2H3;2*1-2H3. The summed E-state index contributed by atoms with van der Waals surface area (Å²) in [4.78, 5) is 17.3. The lowest BCUT2D eigenvalue weighted by molar-refractivity contribution is 0.0804. The van der Waals surface area contributed by atoms with E-state index in [1.807, 2.05) is 52.8 Å². The Morgan fingerprint density at radius 3 is 2.48 bits per heavy atom. The van der Waals surface area contributed by atoms with Gasteiger partial charge in [0.05, 0.1) is 13.0 Å². The van der Waals surface area contributed by atoms with Crippen LogP contribution in [0.25, 0.3) is 11.4 Å². The zero-order valence-electron chi connectivity index (χ0n) is 15.9. The molecular weight excluding hydrogens is 320 g/mol. The van der Waals surface area contributed by atoms with Crippen LogP contribution in [-0.4, -0.2) is 41.3 Å². The predicted molar refractivity (Wildman–Crippen MR) is 98.3 cm³/mol. The molecule has 1 aromatic carbocycles. The van der Waals surface area contributed by atoms with E-state index in [2.05, 4.69) is 14.9 Å². The molecule has 1 aliphatic rings. The number of carbonyl (C=O) groups excluding carboxylic acids is 1. The monoisotopic (exact) mass is 348 g/mol. The van der Waals surface area contributed by atoms with E-state index in [0.717, 1.165) is 11.1 Å². The number of carbonyl (C=O) groups is 1. The van der Waals surface area contributed by atoms with Crippen molar-refractivity contribution in [2.24, 2.45) is 0 Å². The SMILES string of the molecule is CC.CC.COC(=O)N1CC(c2nc(-c3ccc(C)c(N)c3)no2)C1. The minimum Gasteiger partial charge on any atom is -0.453 e. The maximum Gasteiger partial charge on any atom is 0.409 e. The number of benzene rings is 1. The number of rotatable bonds is 2. The molecule has 2 heterocycles. The smallest absolute Gasteiger partial charge is 0.409 e. The van der Waals surface area contributed by atoms with Crippen molar-refractivity contribution >= 4 is 11.8 Å². The van der Waals surface area contributed by atoms with E-state index in [1.54, 1.807) is 4.90 Å². The second kappa shape index (κ2) is 9.66. The second-order valence-corrected chi connectivity index (χ2v) is 5.10. The van der Waals surface area contributed by atoms with Crippen molar-refractivity contribution in [1.82, 2.24) is 15.0 Å². The molecule has 0 radical (unpaired) electrons. The fourth-order valence-corrected chi connectivity index (χ4v) is 2.21. The summed E-state index contributed by atoms with van der Waals surface area (Å²) in [6.07, 6.45) is -0.336. The lowest BCUT2D eigenvalue weighted by atomic mass is 10.0. The van der Waals surface area contributed by atoms with Crippen molar-refractivity contribution in [3.05, 3.63) is 29.7 Å². The van der Waals surface area contributed by atoms with Gasteiger partial charge in [0, 0.05) is 24.3 Å². The molecule has 1 saturated heterocycles. The van der Waals surface area contributed by atoms with E-state index < -0.39 is 0 Å². The van der Waals surface area contributed by atoms with E-state index in [1.165, 1.54) is 7.11 Å². The van der Waals surface area contributed by atoms with Gasteiger partial charge in [0.2, 0.25) is 11.7 Å². The van der Waals surface area contributed by atoms with Crippen LogP contribution in [0.15, 0.2) is 22.7 Å². The number of likely N-dealkylation sites (tertiary alicyclic amines) is 1. The van der Waals surface area contributed by atoms with Gasteiger partial charge >= 0.3 is 6.09 Å². The fourth-order valence-electron chi connectivity index (χ4n) is 2.21. The number of aromatic nitrogens is 2. The van der Waals surface area contributed by atoms with Crippen molar-refractivity contribution in [2.75, 3.05) is 25.9 Å². The van der Waals surface area contributed by atoms with Crippen LogP contribution in [0.4, 0.5) is 10.5 Å². The van der Waals surface area contributed by atoms with Gasteiger partial charge in [0.1, 0.15) is 0 Å². The molecule has 1 fully saturated rings. The number of methoxy groups -OCH3 is 1. The van der Waals surface area contributed by atoms with Crippen LogP contribution in [0, 0.1) is 6.92 Å². The first kappa shape index (κ1) is 20.5. The van der Waals surface area contributed by atoms with Crippen LogP contribution >= 0.6 is 0 Å². The van der Waals surface area contributed by atoms with Gasteiger partial charge in [-0.3, -0.25) is 0 Å². The van der Waals surface area contributed by atoms with Crippen LogP contribution in [0.5, 0.6) is 0 Å². The Morgan fingerprint density at radius 2 is 1.92 bits per heavy atom.